The molecule has 1 amide bonds. The lowest BCUT2D eigenvalue weighted by Crippen LogP contribution is -2.61. The summed E-state index contributed by atoms with van der Waals surface area (Å²) in [5, 5.41) is 2.50. The number of amides is 1. The summed E-state index contributed by atoms with van der Waals surface area (Å²) in [7, 11) is 2.54. The van der Waals surface area contributed by atoms with E-state index in [0.29, 0.717) is 12.8 Å². The van der Waals surface area contributed by atoms with Crippen LogP contribution in [0.15, 0.2) is 0 Å². The summed E-state index contributed by atoms with van der Waals surface area (Å²) >= 11 is 4.10. The maximum atomic E-state index is 12.2. The Bertz CT molecular complexity index is 275. The Kier molecular flexibility index (Phi) is 4.98. The van der Waals surface area contributed by atoms with Crippen molar-refractivity contribution in [1.29, 1.82) is 0 Å². The van der Waals surface area contributed by atoms with Crippen molar-refractivity contribution in [2.45, 2.75) is 43.4 Å². The molecule has 4 nitrogen and oxygen atoms in total. The number of nitrogens with one attached hydrogen (secondary N) is 1. The summed E-state index contributed by atoms with van der Waals surface area (Å²) in [6.45, 7) is 1.94. The number of rotatable bonds is 5. The molecule has 0 aromatic carbocycles. The lowest BCUT2D eigenvalue weighted by Gasteiger charge is -2.41. The van der Waals surface area contributed by atoms with E-state index in [4.69, 9.17) is 0 Å². The smallest absolute Gasteiger partial charge is 0.407 e. The minimum Gasteiger partial charge on any atom is -0.453 e. The van der Waals surface area contributed by atoms with Crippen molar-refractivity contribution in [3.05, 3.63) is 0 Å². The lowest BCUT2D eigenvalue weighted by molar-refractivity contribution is -0.128. The molecule has 0 spiro atoms. The quantitative estimate of drug-likeness (QED) is 0.590. The van der Waals surface area contributed by atoms with Gasteiger partial charge in [-0.3, -0.25) is 4.79 Å². The van der Waals surface area contributed by atoms with Gasteiger partial charge in [-0.2, -0.15) is 0 Å². The molecule has 6 heteroatoms. The van der Waals surface area contributed by atoms with E-state index in [2.05, 4.69) is 21.7 Å². The van der Waals surface area contributed by atoms with E-state index in [1.54, 1.807) is 0 Å². The monoisotopic (exact) mass is 263 g/mol. The van der Waals surface area contributed by atoms with E-state index in [1.807, 2.05) is 6.92 Å². The van der Waals surface area contributed by atoms with Crippen molar-refractivity contribution in [3.63, 3.8) is 0 Å². The highest BCUT2D eigenvalue weighted by atomic mass is 33.1. The van der Waals surface area contributed by atoms with E-state index in [1.165, 1.54) is 17.9 Å². The molecular weight excluding hydrogens is 246 g/mol. The number of methoxy groups -OCH3 is 1. The van der Waals surface area contributed by atoms with Crippen LogP contribution in [0.1, 0.15) is 32.6 Å². The number of carbonyl (C=O) groups is 2. The second-order valence-corrected chi connectivity index (χ2v) is 5.33. The van der Waals surface area contributed by atoms with Crippen LogP contribution in [0.25, 0.3) is 0 Å². The van der Waals surface area contributed by atoms with E-state index >= 15 is 0 Å². The third-order valence-corrected chi connectivity index (χ3v) is 4.56. The van der Waals surface area contributed by atoms with Gasteiger partial charge in [-0.05, 0) is 25.7 Å². The van der Waals surface area contributed by atoms with E-state index < -0.39 is 11.6 Å². The fourth-order valence-electron chi connectivity index (χ4n) is 1.83. The predicted octanol–water partition coefficient (Wildman–Crippen LogP) is 2.19. The molecule has 0 bridgehead atoms. The van der Waals surface area contributed by atoms with Gasteiger partial charge in [0, 0.05) is 0 Å². The molecule has 0 heterocycles. The van der Waals surface area contributed by atoms with Gasteiger partial charge in [0.25, 0.3) is 0 Å². The predicted molar refractivity (Wildman–Crippen MR) is 67.8 cm³/mol. The topological polar surface area (TPSA) is 55.4 Å². The lowest BCUT2D eigenvalue weighted by atomic mass is 9.72. The van der Waals surface area contributed by atoms with Gasteiger partial charge in [0.15, 0.2) is 5.78 Å². The first-order valence-corrected chi connectivity index (χ1v) is 7.23. The fraction of sp³-hybridized carbons (Fsp3) is 0.800. The third kappa shape index (κ3) is 2.66. The Hall–Kier alpha value is -0.360. The zero-order valence-corrected chi connectivity index (χ0v) is 11.2. The fourth-order valence-corrected chi connectivity index (χ4v) is 3.03. The molecule has 0 aromatic rings. The normalized spacial score (nSPS) is 19.4. The first-order chi connectivity index (χ1) is 7.59. The average Bonchev–Trinajstić information content (AvgIpc) is 2.24. The summed E-state index contributed by atoms with van der Waals surface area (Å²) < 4.78 is 4.55. The average molecular weight is 263 g/mol. The number of hydrogen-bond acceptors (Lipinski definition) is 5. The van der Waals surface area contributed by atoms with Gasteiger partial charge in [0.1, 0.15) is 5.54 Å². The minimum absolute atomic E-state index is 0.0617. The van der Waals surface area contributed by atoms with Crippen LogP contribution in [0, 0.1) is 0 Å². The summed E-state index contributed by atoms with van der Waals surface area (Å²) in [5.41, 5.74) is -0.705. The molecule has 92 valence electrons. The molecule has 0 saturated heterocycles. The van der Waals surface area contributed by atoms with Crippen LogP contribution in [-0.4, -0.2) is 29.8 Å². The van der Waals surface area contributed by atoms with Crippen LogP contribution in [0.3, 0.4) is 0 Å². The number of alkyl carbamates (subject to hydrolysis) is 1. The molecule has 1 saturated carbocycles. The Morgan fingerprint density at radius 3 is 2.50 bits per heavy atom. The molecule has 1 fully saturated rings. The number of ether oxygens (including phenoxy) is 1. The molecule has 1 unspecified atom stereocenters. The van der Waals surface area contributed by atoms with Gasteiger partial charge in [0.05, 0.1) is 12.4 Å². The second-order valence-electron chi connectivity index (χ2n) is 3.92. The van der Waals surface area contributed by atoms with Crippen LogP contribution in [-0.2, 0) is 9.53 Å². The molecule has 16 heavy (non-hydrogen) atoms. The molecular formula is C10H17NO3S2. The van der Waals surface area contributed by atoms with Crippen molar-refractivity contribution in [2.24, 2.45) is 0 Å². The SMILES string of the molecule is CCC(SS)C(=O)C1(NC(=O)OC)CCC1. The van der Waals surface area contributed by atoms with E-state index in [-0.39, 0.29) is 11.0 Å². The number of carbonyl (C=O) groups excluding carboxylic acids is 2. The number of ketones is 1. The van der Waals surface area contributed by atoms with E-state index in [9.17, 15) is 9.59 Å². The Labute approximate surface area is 105 Å². The van der Waals surface area contributed by atoms with Gasteiger partial charge in [0.2, 0.25) is 0 Å². The summed E-state index contributed by atoms with van der Waals surface area (Å²) in [5.74, 6) is 0.0617. The van der Waals surface area contributed by atoms with Crippen LogP contribution in [0.4, 0.5) is 4.79 Å². The molecule has 1 N–H and O–H groups in total. The van der Waals surface area contributed by atoms with Crippen LogP contribution >= 0.6 is 22.5 Å². The molecule has 0 radical (unpaired) electrons. The zero-order chi connectivity index (χ0) is 12.2. The maximum absolute atomic E-state index is 12.2. The van der Waals surface area contributed by atoms with Crippen LogP contribution < -0.4 is 5.32 Å². The third-order valence-electron chi connectivity index (χ3n) is 3.00. The van der Waals surface area contributed by atoms with Crippen LogP contribution in [0.5, 0.6) is 0 Å². The van der Waals surface area contributed by atoms with Gasteiger partial charge >= 0.3 is 6.09 Å². The van der Waals surface area contributed by atoms with Crippen molar-refractivity contribution >= 4 is 34.3 Å². The highest BCUT2D eigenvalue weighted by molar-refractivity contribution is 8.69. The first kappa shape index (κ1) is 13.7. The number of thiol groups is 1. The highest BCUT2D eigenvalue weighted by Crippen LogP contribution is 2.37. The highest BCUT2D eigenvalue weighted by Gasteiger charge is 2.47. The molecule has 1 aliphatic rings. The zero-order valence-electron chi connectivity index (χ0n) is 9.49. The largest absolute Gasteiger partial charge is 0.453 e. The first-order valence-electron chi connectivity index (χ1n) is 5.30. The van der Waals surface area contributed by atoms with E-state index in [0.717, 1.165) is 12.8 Å². The Morgan fingerprint density at radius 1 is 1.56 bits per heavy atom. The van der Waals surface area contributed by atoms with Crippen molar-refractivity contribution in [1.82, 2.24) is 5.32 Å². The van der Waals surface area contributed by atoms with Gasteiger partial charge in [-0.1, -0.05) is 17.7 Å². The van der Waals surface area contributed by atoms with Gasteiger partial charge in [-0.15, -0.1) is 11.7 Å². The molecule has 1 atom stereocenters. The molecule has 0 aromatic heterocycles. The second kappa shape index (κ2) is 5.82. The molecule has 1 rings (SSSR count). The summed E-state index contributed by atoms with van der Waals surface area (Å²) in [6, 6.07) is 0. The molecule has 1 aliphatic carbocycles. The molecule has 0 aliphatic heterocycles. The maximum Gasteiger partial charge on any atom is 0.407 e. The van der Waals surface area contributed by atoms with Gasteiger partial charge in [-0.25, -0.2) is 4.79 Å². The summed E-state index contributed by atoms with van der Waals surface area (Å²) in [6.07, 6.45) is 2.55. The standard InChI is InChI=1S/C10H17NO3S2/c1-3-7(16-15)8(12)10(5-4-6-10)11-9(13)14-2/h7,15H,3-6H2,1-2H3,(H,11,13). The summed E-state index contributed by atoms with van der Waals surface area (Å²) in [4.78, 5) is 23.4. The van der Waals surface area contributed by atoms with Crippen molar-refractivity contribution < 1.29 is 14.3 Å². The number of hydrogen-bond donors (Lipinski definition) is 2. The van der Waals surface area contributed by atoms with Crippen LogP contribution in [0.2, 0.25) is 0 Å². The van der Waals surface area contributed by atoms with Gasteiger partial charge < -0.3 is 10.1 Å². The Balaban J connectivity index is 2.72. The number of Topliss-reactive ketones (excluding diaryl/α,β-unsaturated/α-hetero) is 1. The van der Waals surface area contributed by atoms with Crippen molar-refractivity contribution in [2.75, 3.05) is 7.11 Å². The Morgan fingerprint density at radius 2 is 2.19 bits per heavy atom. The minimum atomic E-state index is -0.705. The van der Waals surface area contributed by atoms with Crippen molar-refractivity contribution in [3.8, 4) is 0 Å².